The molecule has 0 aliphatic carbocycles. The van der Waals surface area contributed by atoms with E-state index in [-0.39, 0.29) is 0 Å². The molecule has 0 unspecified atom stereocenters. The number of hydrogen-bond donors (Lipinski definition) is 0. The van der Waals surface area contributed by atoms with Gasteiger partial charge in [-0.05, 0) is 71.8 Å². The zero-order valence-electron chi connectivity index (χ0n) is 21.9. The normalized spacial score (nSPS) is 12.7. The molecule has 5 aromatic rings. The molecular formula is C33H31N2O+. The molecule has 3 heteroatoms. The number of nitriles is 1. The SMILES string of the molecule is Cc1c2c(c(C(C)C)c3ccccc13)Oc1c3ccc(CC(C)(C)C#N)cc3cc3cc[n+](C)c-2c13. The van der Waals surface area contributed by atoms with Crippen LogP contribution in [0.25, 0.3) is 43.6 Å². The molecular weight excluding hydrogens is 440 g/mol. The quantitative estimate of drug-likeness (QED) is 0.192. The summed E-state index contributed by atoms with van der Waals surface area (Å²) in [6.45, 7) is 10.7. The lowest BCUT2D eigenvalue weighted by Gasteiger charge is -2.27. The molecule has 0 spiro atoms. The van der Waals surface area contributed by atoms with Gasteiger partial charge in [0.05, 0.1) is 22.4 Å². The molecule has 178 valence electrons. The summed E-state index contributed by atoms with van der Waals surface area (Å²) in [4.78, 5) is 0. The minimum atomic E-state index is -0.403. The van der Waals surface area contributed by atoms with Crippen LogP contribution in [0.1, 0.15) is 50.3 Å². The van der Waals surface area contributed by atoms with Crippen LogP contribution in [0.3, 0.4) is 0 Å². The van der Waals surface area contributed by atoms with E-state index in [0.29, 0.717) is 12.3 Å². The van der Waals surface area contributed by atoms with Gasteiger partial charge >= 0.3 is 0 Å². The van der Waals surface area contributed by atoms with Crippen molar-refractivity contribution in [2.75, 3.05) is 0 Å². The van der Waals surface area contributed by atoms with E-state index in [4.69, 9.17) is 4.74 Å². The molecule has 1 aromatic heterocycles. The average molecular weight is 472 g/mol. The van der Waals surface area contributed by atoms with Crippen LogP contribution in [0.15, 0.2) is 60.8 Å². The van der Waals surface area contributed by atoms with Crippen LogP contribution < -0.4 is 9.30 Å². The minimum Gasteiger partial charge on any atom is -0.455 e. The Bertz CT molecular complexity index is 1770. The molecule has 0 N–H and O–H groups in total. The third-order valence-electron chi connectivity index (χ3n) is 7.69. The summed E-state index contributed by atoms with van der Waals surface area (Å²) in [5.41, 5.74) is 5.70. The Hall–Kier alpha value is -3.90. The van der Waals surface area contributed by atoms with E-state index in [0.717, 1.165) is 27.7 Å². The van der Waals surface area contributed by atoms with E-state index in [9.17, 15) is 5.26 Å². The van der Waals surface area contributed by atoms with E-state index in [2.05, 4.69) is 99.2 Å². The first kappa shape index (κ1) is 22.6. The summed E-state index contributed by atoms with van der Waals surface area (Å²) < 4.78 is 9.24. The number of rotatable bonds is 3. The summed E-state index contributed by atoms with van der Waals surface area (Å²) in [5, 5.41) is 16.7. The number of pyridine rings is 1. The lowest BCUT2D eigenvalue weighted by molar-refractivity contribution is -0.659. The molecule has 2 heterocycles. The number of nitrogens with zero attached hydrogens (tertiary/aromatic N) is 2. The molecule has 0 fully saturated rings. The van der Waals surface area contributed by atoms with Crippen molar-refractivity contribution in [2.45, 2.75) is 47.0 Å². The Labute approximate surface area is 212 Å². The fourth-order valence-electron chi connectivity index (χ4n) is 6.00. The first-order chi connectivity index (χ1) is 17.2. The number of benzene rings is 4. The van der Waals surface area contributed by atoms with Gasteiger partial charge in [0.25, 0.3) is 0 Å². The largest absolute Gasteiger partial charge is 0.455 e. The predicted octanol–water partition coefficient (Wildman–Crippen LogP) is 8.27. The lowest BCUT2D eigenvalue weighted by Crippen LogP contribution is -2.32. The smallest absolute Gasteiger partial charge is 0.228 e. The maximum atomic E-state index is 9.55. The van der Waals surface area contributed by atoms with Crippen molar-refractivity contribution < 1.29 is 9.30 Å². The molecule has 6 rings (SSSR count). The molecule has 1 aliphatic heterocycles. The highest BCUT2D eigenvalue weighted by Crippen LogP contribution is 2.54. The third-order valence-corrected chi connectivity index (χ3v) is 7.69. The zero-order chi connectivity index (χ0) is 25.4. The Morgan fingerprint density at radius 3 is 2.42 bits per heavy atom. The molecule has 36 heavy (non-hydrogen) atoms. The first-order valence-electron chi connectivity index (χ1n) is 12.7. The van der Waals surface area contributed by atoms with Crippen molar-refractivity contribution in [1.29, 1.82) is 5.26 Å². The van der Waals surface area contributed by atoms with Crippen LogP contribution in [0, 0.1) is 23.7 Å². The topological polar surface area (TPSA) is 36.9 Å². The van der Waals surface area contributed by atoms with Gasteiger partial charge in [-0.1, -0.05) is 56.3 Å². The van der Waals surface area contributed by atoms with Crippen molar-refractivity contribution in [3.05, 3.63) is 77.5 Å². The van der Waals surface area contributed by atoms with Crippen molar-refractivity contribution >= 4 is 32.3 Å². The average Bonchev–Trinajstić information content (AvgIpc) is 2.85. The first-order valence-corrected chi connectivity index (χ1v) is 12.7. The number of fused-ring (bicyclic) bond motifs is 5. The van der Waals surface area contributed by atoms with Gasteiger partial charge in [-0.25, -0.2) is 4.57 Å². The van der Waals surface area contributed by atoms with Crippen LogP contribution in [0.5, 0.6) is 11.5 Å². The summed E-state index contributed by atoms with van der Waals surface area (Å²) >= 11 is 0. The van der Waals surface area contributed by atoms with Gasteiger partial charge in [0.15, 0.2) is 6.20 Å². The zero-order valence-corrected chi connectivity index (χ0v) is 21.9. The second-order valence-corrected chi connectivity index (χ2v) is 11.2. The molecule has 4 aromatic carbocycles. The van der Waals surface area contributed by atoms with E-state index >= 15 is 0 Å². The van der Waals surface area contributed by atoms with E-state index in [1.54, 1.807) is 0 Å². The van der Waals surface area contributed by atoms with Gasteiger partial charge in [0.1, 0.15) is 18.5 Å². The van der Waals surface area contributed by atoms with Gasteiger partial charge < -0.3 is 4.74 Å². The molecule has 0 radical (unpaired) electrons. The fraction of sp³-hybridized carbons (Fsp3) is 0.273. The van der Waals surface area contributed by atoms with Crippen LogP contribution in [0.4, 0.5) is 0 Å². The van der Waals surface area contributed by atoms with Gasteiger partial charge in [0.2, 0.25) is 5.69 Å². The van der Waals surface area contributed by atoms with Crippen LogP contribution in [-0.4, -0.2) is 0 Å². The summed E-state index contributed by atoms with van der Waals surface area (Å²) in [7, 11) is 2.13. The number of ether oxygens (including phenoxy) is 1. The van der Waals surface area contributed by atoms with Crippen molar-refractivity contribution in [3.63, 3.8) is 0 Å². The van der Waals surface area contributed by atoms with Gasteiger partial charge in [-0.3, -0.25) is 0 Å². The van der Waals surface area contributed by atoms with Crippen LogP contribution in [0.2, 0.25) is 0 Å². The van der Waals surface area contributed by atoms with Crippen LogP contribution in [-0.2, 0) is 13.5 Å². The molecule has 0 saturated heterocycles. The highest BCUT2D eigenvalue weighted by atomic mass is 16.5. The van der Waals surface area contributed by atoms with Crippen molar-refractivity contribution in [1.82, 2.24) is 0 Å². The maximum absolute atomic E-state index is 9.55. The summed E-state index contributed by atoms with van der Waals surface area (Å²) in [5.74, 6) is 2.23. The lowest BCUT2D eigenvalue weighted by atomic mass is 9.84. The Morgan fingerprint density at radius 1 is 0.944 bits per heavy atom. The molecule has 0 bridgehead atoms. The molecule has 0 saturated carbocycles. The van der Waals surface area contributed by atoms with Gasteiger partial charge in [-0.2, -0.15) is 5.26 Å². The van der Waals surface area contributed by atoms with Crippen molar-refractivity contribution in [3.8, 4) is 28.8 Å². The number of aryl methyl sites for hydroxylation is 2. The monoisotopic (exact) mass is 471 g/mol. The second kappa shape index (κ2) is 7.80. The third kappa shape index (κ3) is 3.21. The minimum absolute atomic E-state index is 0.310. The molecule has 0 amide bonds. The fourth-order valence-corrected chi connectivity index (χ4v) is 6.00. The predicted molar refractivity (Wildman–Crippen MR) is 148 cm³/mol. The van der Waals surface area contributed by atoms with E-state index in [1.807, 2.05) is 13.8 Å². The summed E-state index contributed by atoms with van der Waals surface area (Å²) in [6.07, 6.45) is 2.88. The Kier molecular flexibility index (Phi) is 4.89. The van der Waals surface area contributed by atoms with Gasteiger partial charge in [0, 0.05) is 17.0 Å². The van der Waals surface area contributed by atoms with E-state index < -0.39 is 5.41 Å². The van der Waals surface area contributed by atoms with E-state index in [1.165, 1.54) is 44.1 Å². The molecule has 3 nitrogen and oxygen atoms in total. The standard InChI is InChI=1S/C33H31N2O/c1-19(2)27-26-10-8-7-9-24(26)20(3)28-30-29-22(13-14-35(30)6)16-23-15-21(17-33(4,5)18-34)11-12-25(23)31(29)36-32(27)28/h7-16,19H,17H2,1-6H3/q+1. The maximum Gasteiger partial charge on any atom is 0.228 e. The molecule has 1 aliphatic rings. The highest BCUT2D eigenvalue weighted by Gasteiger charge is 2.34. The van der Waals surface area contributed by atoms with Crippen LogP contribution >= 0.6 is 0 Å². The van der Waals surface area contributed by atoms with Crippen molar-refractivity contribution in [2.24, 2.45) is 12.5 Å². The highest BCUT2D eigenvalue weighted by molar-refractivity contribution is 6.13. The molecule has 0 atom stereocenters. The summed E-state index contributed by atoms with van der Waals surface area (Å²) in [6, 6.07) is 22.2. The number of aromatic nitrogens is 1. The number of hydrogen-bond acceptors (Lipinski definition) is 2. The Morgan fingerprint density at radius 2 is 1.69 bits per heavy atom. The Balaban J connectivity index is 1.72. The van der Waals surface area contributed by atoms with Gasteiger partial charge in [-0.15, -0.1) is 0 Å². The second-order valence-electron chi connectivity index (χ2n) is 11.2.